The molecule has 0 fully saturated rings. The van der Waals surface area contributed by atoms with Gasteiger partial charge in [0.05, 0.1) is 7.11 Å². The van der Waals surface area contributed by atoms with E-state index >= 15 is 0 Å². The second-order valence-corrected chi connectivity index (χ2v) is 3.79. The molecule has 2 aromatic rings. The molecule has 0 saturated carbocycles. The number of rotatable bonds is 4. The van der Waals surface area contributed by atoms with Gasteiger partial charge in [0.2, 0.25) is 5.88 Å². The Kier molecular flexibility index (Phi) is 3.83. The molecule has 0 atom stereocenters. The van der Waals surface area contributed by atoms with Crippen molar-refractivity contribution >= 4 is 23.1 Å². The second kappa shape index (κ2) is 5.55. The van der Waals surface area contributed by atoms with Gasteiger partial charge in [0.15, 0.2) is 0 Å². The summed E-state index contributed by atoms with van der Waals surface area (Å²) >= 11 is 5.79. The Morgan fingerprint density at radius 2 is 2.06 bits per heavy atom. The highest BCUT2D eigenvalue weighted by Crippen LogP contribution is 2.18. The van der Waals surface area contributed by atoms with E-state index in [1.807, 2.05) is 36.4 Å². The van der Waals surface area contributed by atoms with Gasteiger partial charge in [-0.2, -0.15) is 4.98 Å². The van der Waals surface area contributed by atoms with Gasteiger partial charge in [-0.05, 0) is 23.8 Å². The van der Waals surface area contributed by atoms with Crippen LogP contribution in [-0.2, 0) is 5.88 Å². The van der Waals surface area contributed by atoms with Crippen LogP contribution in [0.2, 0.25) is 0 Å². The van der Waals surface area contributed by atoms with Crippen LogP contribution >= 0.6 is 11.6 Å². The van der Waals surface area contributed by atoms with E-state index in [0.29, 0.717) is 11.8 Å². The molecule has 17 heavy (non-hydrogen) atoms. The van der Waals surface area contributed by atoms with Gasteiger partial charge in [-0.3, -0.25) is 0 Å². The molecule has 1 N–H and O–H groups in total. The smallest absolute Gasteiger partial charge is 0.214 e. The van der Waals surface area contributed by atoms with Gasteiger partial charge < -0.3 is 10.1 Å². The normalized spacial score (nSPS) is 10.0. The molecule has 1 heterocycles. The maximum atomic E-state index is 5.79. The number of alkyl halides is 1. The van der Waals surface area contributed by atoms with Crippen molar-refractivity contribution in [3.05, 3.63) is 48.0 Å². The van der Waals surface area contributed by atoms with Gasteiger partial charge in [-0.1, -0.05) is 18.2 Å². The fraction of sp³-hybridized carbons (Fsp3) is 0.154. The minimum Gasteiger partial charge on any atom is -0.481 e. The summed E-state index contributed by atoms with van der Waals surface area (Å²) in [6.07, 6.45) is 0. The van der Waals surface area contributed by atoms with Crippen LogP contribution in [-0.4, -0.2) is 12.1 Å². The summed E-state index contributed by atoms with van der Waals surface area (Å²) in [5, 5.41) is 3.20. The van der Waals surface area contributed by atoms with Crippen molar-refractivity contribution in [3.8, 4) is 5.88 Å². The van der Waals surface area contributed by atoms with Gasteiger partial charge >= 0.3 is 0 Å². The quantitative estimate of drug-likeness (QED) is 0.840. The maximum Gasteiger partial charge on any atom is 0.214 e. The Morgan fingerprint density at radius 1 is 1.24 bits per heavy atom. The number of hydrogen-bond donors (Lipinski definition) is 1. The number of halogens is 1. The summed E-state index contributed by atoms with van der Waals surface area (Å²) in [4.78, 5) is 4.28. The number of pyridine rings is 1. The molecule has 2 rings (SSSR count). The zero-order valence-corrected chi connectivity index (χ0v) is 10.2. The van der Waals surface area contributed by atoms with Crippen molar-refractivity contribution in [3.63, 3.8) is 0 Å². The molecule has 0 bridgehead atoms. The Balaban J connectivity index is 2.18. The average molecular weight is 249 g/mol. The molecule has 0 amide bonds. The largest absolute Gasteiger partial charge is 0.481 e. The Morgan fingerprint density at radius 3 is 2.82 bits per heavy atom. The number of nitrogens with one attached hydrogen (secondary N) is 1. The number of methoxy groups -OCH3 is 1. The van der Waals surface area contributed by atoms with Crippen LogP contribution in [0, 0.1) is 0 Å². The molecule has 1 aromatic heterocycles. The summed E-state index contributed by atoms with van der Waals surface area (Å²) in [5.41, 5.74) is 2.03. The molecule has 0 aliphatic rings. The summed E-state index contributed by atoms with van der Waals surface area (Å²) < 4.78 is 5.07. The minimum absolute atomic E-state index is 0.501. The van der Waals surface area contributed by atoms with E-state index in [1.54, 1.807) is 13.2 Å². The number of nitrogens with zero attached hydrogens (tertiary/aromatic N) is 1. The Bertz CT molecular complexity index is 457. The molecular formula is C13H13ClN2O. The lowest BCUT2D eigenvalue weighted by molar-refractivity contribution is 0.398. The van der Waals surface area contributed by atoms with Crippen LogP contribution in [0.5, 0.6) is 5.88 Å². The van der Waals surface area contributed by atoms with Gasteiger partial charge in [0, 0.05) is 17.6 Å². The first-order chi connectivity index (χ1) is 8.31. The van der Waals surface area contributed by atoms with Crippen molar-refractivity contribution < 1.29 is 4.74 Å². The van der Waals surface area contributed by atoms with Gasteiger partial charge in [-0.25, -0.2) is 0 Å². The molecule has 0 spiro atoms. The van der Waals surface area contributed by atoms with Crippen LogP contribution in [0.3, 0.4) is 0 Å². The van der Waals surface area contributed by atoms with E-state index in [1.165, 1.54) is 0 Å². The zero-order chi connectivity index (χ0) is 12.1. The molecule has 4 heteroatoms. The first-order valence-electron chi connectivity index (χ1n) is 5.25. The summed E-state index contributed by atoms with van der Waals surface area (Å²) in [7, 11) is 1.60. The zero-order valence-electron chi connectivity index (χ0n) is 9.48. The number of anilines is 2. The Hall–Kier alpha value is -1.74. The van der Waals surface area contributed by atoms with Crippen molar-refractivity contribution in [1.29, 1.82) is 0 Å². The average Bonchev–Trinajstić information content (AvgIpc) is 2.39. The third kappa shape index (κ3) is 3.11. The highest BCUT2D eigenvalue weighted by atomic mass is 35.5. The molecule has 1 aromatic carbocycles. The molecular weight excluding hydrogens is 236 g/mol. The van der Waals surface area contributed by atoms with Crippen molar-refractivity contribution in [2.75, 3.05) is 12.4 Å². The SMILES string of the molecule is COc1cccc(Nc2cccc(CCl)c2)n1. The van der Waals surface area contributed by atoms with Crippen LogP contribution in [0.25, 0.3) is 0 Å². The third-order valence-corrected chi connectivity index (χ3v) is 2.59. The minimum atomic E-state index is 0.501. The van der Waals surface area contributed by atoms with E-state index in [2.05, 4.69) is 10.3 Å². The molecule has 0 saturated heterocycles. The number of ether oxygens (including phenoxy) is 1. The van der Waals surface area contributed by atoms with E-state index in [9.17, 15) is 0 Å². The van der Waals surface area contributed by atoms with E-state index in [0.717, 1.165) is 17.1 Å². The lowest BCUT2D eigenvalue weighted by Gasteiger charge is -2.07. The lowest BCUT2D eigenvalue weighted by Crippen LogP contribution is -1.95. The molecule has 0 unspecified atom stereocenters. The van der Waals surface area contributed by atoms with Crippen molar-refractivity contribution in [2.24, 2.45) is 0 Å². The van der Waals surface area contributed by atoms with Crippen LogP contribution < -0.4 is 10.1 Å². The first kappa shape index (κ1) is 11.7. The molecule has 0 aliphatic heterocycles. The van der Waals surface area contributed by atoms with Crippen LogP contribution in [0.4, 0.5) is 11.5 Å². The summed E-state index contributed by atoms with van der Waals surface area (Å²) in [6.45, 7) is 0. The third-order valence-electron chi connectivity index (χ3n) is 2.29. The predicted octanol–water partition coefficient (Wildman–Crippen LogP) is 3.57. The van der Waals surface area contributed by atoms with Crippen LogP contribution in [0.15, 0.2) is 42.5 Å². The molecule has 3 nitrogen and oxygen atoms in total. The van der Waals surface area contributed by atoms with Crippen molar-refractivity contribution in [2.45, 2.75) is 5.88 Å². The molecule has 0 aliphatic carbocycles. The topological polar surface area (TPSA) is 34.1 Å². The van der Waals surface area contributed by atoms with E-state index in [4.69, 9.17) is 16.3 Å². The Labute approximate surface area is 105 Å². The monoisotopic (exact) mass is 248 g/mol. The highest BCUT2D eigenvalue weighted by molar-refractivity contribution is 6.17. The first-order valence-corrected chi connectivity index (χ1v) is 5.78. The highest BCUT2D eigenvalue weighted by Gasteiger charge is 1.99. The van der Waals surface area contributed by atoms with Gasteiger partial charge in [0.25, 0.3) is 0 Å². The van der Waals surface area contributed by atoms with Crippen LogP contribution in [0.1, 0.15) is 5.56 Å². The van der Waals surface area contributed by atoms with E-state index < -0.39 is 0 Å². The van der Waals surface area contributed by atoms with Gasteiger partial charge in [0.1, 0.15) is 5.82 Å². The summed E-state index contributed by atoms with van der Waals surface area (Å²) in [5.74, 6) is 1.83. The molecule has 0 radical (unpaired) electrons. The lowest BCUT2D eigenvalue weighted by atomic mass is 10.2. The predicted molar refractivity (Wildman–Crippen MR) is 70.1 cm³/mol. The number of benzene rings is 1. The molecule has 88 valence electrons. The fourth-order valence-corrected chi connectivity index (χ4v) is 1.64. The number of aromatic nitrogens is 1. The van der Waals surface area contributed by atoms with E-state index in [-0.39, 0.29) is 0 Å². The summed E-state index contributed by atoms with van der Waals surface area (Å²) in [6, 6.07) is 13.5. The maximum absolute atomic E-state index is 5.79. The second-order valence-electron chi connectivity index (χ2n) is 3.52. The standard InChI is InChI=1S/C13H13ClN2O/c1-17-13-7-3-6-12(16-13)15-11-5-2-4-10(8-11)9-14/h2-8H,9H2,1H3,(H,15,16). The fourth-order valence-electron chi connectivity index (χ4n) is 1.48. The number of hydrogen-bond acceptors (Lipinski definition) is 3. The van der Waals surface area contributed by atoms with Gasteiger partial charge in [-0.15, -0.1) is 11.6 Å². The van der Waals surface area contributed by atoms with Crippen molar-refractivity contribution in [1.82, 2.24) is 4.98 Å².